The predicted octanol–water partition coefficient (Wildman–Crippen LogP) is 1.94. The van der Waals surface area contributed by atoms with Crippen LogP contribution >= 0.6 is 0 Å². The van der Waals surface area contributed by atoms with Crippen molar-refractivity contribution in [2.24, 2.45) is 0 Å². The van der Waals surface area contributed by atoms with Gasteiger partial charge in [-0.15, -0.1) is 0 Å². The van der Waals surface area contributed by atoms with Crippen LogP contribution in [-0.4, -0.2) is 24.4 Å². The Balaban J connectivity index is 3.11. The van der Waals surface area contributed by atoms with E-state index in [1.807, 2.05) is 0 Å². The van der Waals surface area contributed by atoms with Crippen molar-refractivity contribution in [2.45, 2.75) is 6.92 Å². The van der Waals surface area contributed by atoms with Crippen LogP contribution in [0.5, 0.6) is 0 Å². The summed E-state index contributed by atoms with van der Waals surface area (Å²) >= 11 is 0. The van der Waals surface area contributed by atoms with E-state index in [0.717, 1.165) is 5.57 Å². The minimum Gasteiger partial charge on any atom is -0.376 e. The Labute approximate surface area is 105 Å². The Morgan fingerprint density at radius 1 is 1.50 bits per heavy atom. The largest absolute Gasteiger partial charge is 0.376 e. The van der Waals surface area contributed by atoms with Crippen LogP contribution in [0, 0.1) is 10.1 Å². The summed E-state index contributed by atoms with van der Waals surface area (Å²) in [5.74, 6) is -0.289. The SMILES string of the molecule is C=C(C)CNc1cc(C(=O)NC)ccc1[N+](=O)[O-]. The third-order valence-electron chi connectivity index (χ3n) is 2.26. The van der Waals surface area contributed by atoms with Gasteiger partial charge in [0.2, 0.25) is 0 Å². The molecule has 1 aromatic rings. The number of carbonyl (C=O) groups is 1. The molecule has 0 unspecified atom stereocenters. The number of rotatable bonds is 5. The number of anilines is 1. The van der Waals surface area contributed by atoms with Crippen molar-refractivity contribution >= 4 is 17.3 Å². The van der Waals surface area contributed by atoms with E-state index in [0.29, 0.717) is 17.8 Å². The van der Waals surface area contributed by atoms with Crippen LogP contribution in [0.25, 0.3) is 0 Å². The molecule has 1 rings (SSSR count). The molecule has 0 atom stereocenters. The van der Waals surface area contributed by atoms with Crippen molar-refractivity contribution in [3.8, 4) is 0 Å². The van der Waals surface area contributed by atoms with E-state index in [2.05, 4.69) is 17.2 Å². The topological polar surface area (TPSA) is 84.3 Å². The minimum absolute atomic E-state index is 0.0658. The highest BCUT2D eigenvalue weighted by Crippen LogP contribution is 2.25. The molecule has 0 aliphatic heterocycles. The first-order valence-electron chi connectivity index (χ1n) is 5.34. The van der Waals surface area contributed by atoms with Crippen molar-refractivity contribution in [1.82, 2.24) is 5.32 Å². The summed E-state index contributed by atoms with van der Waals surface area (Å²) in [6.45, 7) is 5.93. The molecule has 0 spiro atoms. The molecule has 18 heavy (non-hydrogen) atoms. The molecule has 1 aromatic carbocycles. The number of benzene rings is 1. The number of nitro groups is 1. The molecule has 0 bridgehead atoms. The average molecular weight is 249 g/mol. The standard InChI is InChI=1S/C12H15N3O3/c1-8(2)7-14-10-6-9(12(16)13-3)4-5-11(10)15(17)18/h4-6,14H,1,7H2,2-3H3,(H,13,16). The first kappa shape index (κ1) is 13.7. The number of hydrogen-bond donors (Lipinski definition) is 2. The summed E-state index contributed by atoms with van der Waals surface area (Å²) < 4.78 is 0. The molecule has 0 heterocycles. The van der Waals surface area contributed by atoms with Gasteiger partial charge in [-0.2, -0.15) is 0 Å². The van der Waals surface area contributed by atoms with Crippen molar-refractivity contribution in [3.63, 3.8) is 0 Å². The summed E-state index contributed by atoms with van der Waals surface area (Å²) in [4.78, 5) is 21.8. The molecule has 2 N–H and O–H groups in total. The highest BCUT2D eigenvalue weighted by molar-refractivity contribution is 5.95. The molecular weight excluding hydrogens is 234 g/mol. The monoisotopic (exact) mass is 249 g/mol. The van der Waals surface area contributed by atoms with E-state index in [1.54, 1.807) is 6.92 Å². The van der Waals surface area contributed by atoms with Crippen molar-refractivity contribution in [3.05, 3.63) is 46.0 Å². The second kappa shape index (κ2) is 5.81. The maximum atomic E-state index is 11.5. The first-order valence-corrected chi connectivity index (χ1v) is 5.34. The van der Waals surface area contributed by atoms with Gasteiger partial charge < -0.3 is 10.6 Å². The summed E-state index contributed by atoms with van der Waals surface area (Å²) in [7, 11) is 1.50. The molecule has 0 saturated carbocycles. The van der Waals surface area contributed by atoms with E-state index in [1.165, 1.54) is 25.2 Å². The maximum absolute atomic E-state index is 11.5. The van der Waals surface area contributed by atoms with Gasteiger partial charge >= 0.3 is 0 Å². The summed E-state index contributed by atoms with van der Waals surface area (Å²) in [5.41, 5.74) is 1.45. The van der Waals surface area contributed by atoms with Crippen molar-refractivity contribution in [1.29, 1.82) is 0 Å². The number of amides is 1. The predicted molar refractivity (Wildman–Crippen MR) is 69.8 cm³/mol. The van der Waals surface area contributed by atoms with Crippen LogP contribution in [0.1, 0.15) is 17.3 Å². The van der Waals surface area contributed by atoms with Crippen LogP contribution in [0.3, 0.4) is 0 Å². The normalized spacial score (nSPS) is 9.67. The smallest absolute Gasteiger partial charge is 0.292 e. The first-order chi connectivity index (χ1) is 8.45. The second-order valence-electron chi connectivity index (χ2n) is 3.88. The molecule has 6 nitrogen and oxygen atoms in total. The molecule has 6 heteroatoms. The van der Waals surface area contributed by atoms with Gasteiger partial charge in [0, 0.05) is 25.2 Å². The van der Waals surface area contributed by atoms with Gasteiger partial charge in [-0.1, -0.05) is 12.2 Å². The summed E-state index contributed by atoms with van der Waals surface area (Å²) in [6.07, 6.45) is 0. The Bertz CT molecular complexity index is 497. The Kier molecular flexibility index (Phi) is 4.42. The third kappa shape index (κ3) is 3.31. The Morgan fingerprint density at radius 2 is 2.17 bits per heavy atom. The molecule has 1 amide bonds. The number of nitrogens with one attached hydrogen (secondary N) is 2. The van der Waals surface area contributed by atoms with Gasteiger partial charge in [-0.25, -0.2) is 0 Å². The highest BCUT2D eigenvalue weighted by Gasteiger charge is 2.15. The summed E-state index contributed by atoms with van der Waals surface area (Å²) in [5, 5.41) is 16.2. The minimum atomic E-state index is -0.492. The van der Waals surface area contributed by atoms with E-state index < -0.39 is 4.92 Å². The maximum Gasteiger partial charge on any atom is 0.292 e. The van der Waals surface area contributed by atoms with E-state index in [9.17, 15) is 14.9 Å². The Hall–Kier alpha value is -2.37. The molecule has 0 aliphatic rings. The quantitative estimate of drug-likeness (QED) is 0.474. The zero-order valence-electron chi connectivity index (χ0n) is 10.3. The lowest BCUT2D eigenvalue weighted by atomic mass is 10.1. The fourth-order valence-electron chi connectivity index (χ4n) is 1.37. The molecule has 0 aromatic heterocycles. The number of nitro benzene ring substituents is 1. The van der Waals surface area contributed by atoms with E-state index >= 15 is 0 Å². The average Bonchev–Trinajstić information content (AvgIpc) is 2.34. The van der Waals surface area contributed by atoms with Crippen LogP contribution in [0.2, 0.25) is 0 Å². The zero-order valence-corrected chi connectivity index (χ0v) is 10.3. The number of hydrogen-bond acceptors (Lipinski definition) is 4. The third-order valence-corrected chi connectivity index (χ3v) is 2.26. The van der Waals surface area contributed by atoms with Gasteiger partial charge in [-0.05, 0) is 19.1 Å². The van der Waals surface area contributed by atoms with Crippen LogP contribution in [-0.2, 0) is 0 Å². The lowest BCUT2D eigenvalue weighted by Gasteiger charge is -2.08. The fraction of sp³-hybridized carbons (Fsp3) is 0.250. The molecule has 0 saturated heterocycles. The Morgan fingerprint density at radius 3 is 2.67 bits per heavy atom. The fourth-order valence-corrected chi connectivity index (χ4v) is 1.37. The van der Waals surface area contributed by atoms with Gasteiger partial charge in [0.1, 0.15) is 5.69 Å². The lowest BCUT2D eigenvalue weighted by molar-refractivity contribution is -0.384. The van der Waals surface area contributed by atoms with Gasteiger partial charge in [0.25, 0.3) is 11.6 Å². The molecular formula is C12H15N3O3. The van der Waals surface area contributed by atoms with Crippen molar-refractivity contribution < 1.29 is 9.72 Å². The van der Waals surface area contributed by atoms with Crippen molar-refractivity contribution in [2.75, 3.05) is 18.9 Å². The van der Waals surface area contributed by atoms with E-state index in [4.69, 9.17) is 0 Å². The van der Waals surface area contributed by atoms with E-state index in [-0.39, 0.29) is 11.6 Å². The molecule has 0 aliphatic carbocycles. The van der Waals surface area contributed by atoms with Crippen LogP contribution < -0.4 is 10.6 Å². The lowest BCUT2D eigenvalue weighted by Crippen LogP contribution is -2.18. The molecule has 0 radical (unpaired) electrons. The second-order valence-corrected chi connectivity index (χ2v) is 3.88. The van der Waals surface area contributed by atoms with Crippen LogP contribution in [0.4, 0.5) is 11.4 Å². The number of carbonyl (C=O) groups excluding carboxylic acids is 1. The molecule has 0 fully saturated rings. The zero-order chi connectivity index (χ0) is 13.7. The number of nitrogens with zero attached hydrogens (tertiary/aromatic N) is 1. The van der Waals surface area contributed by atoms with Gasteiger partial charge in [0.15, 0.2) is 0 Å². The van der Waals surface area contributed by atoms with Gasteiger partial charge in [-0.3, -0.25) is 14.9 Å². The highest BCUT2D eigenvalue weighted by atomic mass is 16.6. The summed E-state index contributed by atoms with van der Waals surface area (Å²) in [6, 6.07) is 4.19. The molecule has 96 valence electrons. The van der Waals surface area contributed by atoms with Crippen LogP contribution in [0.15, 0.2) is 30.4 Å². The van der Waals surface area contributed by atoms with Gasteiger partial charge in [0.05, 0.1) is 4.92 Å².